The van der Waals surface area contributed by atoms with Crippen LogP contribution in [0.4, 0.5) is 21.5 Å². The molecule has 0 atom stereocenters. The number of rotatable bonds is 7. The minimum Gasteiger partial charge on any atom is -0.376 e. The molecule has 4 N–H and O–H groups in total. The third-order valence-electron chi connectivity index (χ3n) is 6.49. The first-order valence-electron chi connectivity index (χ1n) is 11.8. The van der Waals surface area contributed by atoms with Crippen molar-refractivity contribution < 1.29 is 9.18 Å². The lowest BCUT2D eigenvalue weighted by Crippen LogP contribution is -2.42. The van der Waals surface area contributed by atoms with Gasteiger partial charge < -0.3 is 16.4 Å². The van der Waals surface area contributed by atoms with E-state index in [0.29, 0.717) is 27.8 Å². The van der Waals surface area contributed by atoms with E-state index in [9.17, 15) is 19.2 Å². The number of carbonyl (C=O) groups excluding carboxylic acids is 1. The van der Waals surface area contributed by atoms with Crippen molar-refractivity contribution in [3.63, 3.8) is 0 Å². The third-order valence-corrected chi connectivity index (χ3v) is 7.17. The number of hydrogen-bond donors (Lipinski definition) is 3. The summed E-state index contributed by atoms with van der Waals surface area (Å²) in [6.45, 7) is 1.51. The lowest BCUT2D eigenvalue weighted by atomic mass is 10.1. The van der Waals surface area contributed by atoms with Gasteiger partial charge in [-0.25, -0.2) is 13.8 Å². The second-order valence-corrected chi connectivity index (χ2v) is 10.5. The molecule has 12 heteroatoms. The number of nitrogens with one attached hydrogen (secondary N) is 2. The molecule has 0 aliphatic heterocycles. The standard InChI is InChI=1S/C26H24FIN6O4/c1-13-22(31-16-5-3-4-15(11-16)30-12-20(29)35)21-23(32(2)24(13)36)34(19-9-6-14(28)10-18(19)27)26(38)33(25(21)37)17-7-8-17/h3-6,9-11,17,30-31H,7-8,12H2,1-2H3,(H2,29,35). The fraction of sp³-hybridized carbons (Fsp3) is 0.231. The number of amides is 1. The molecule has 1 aliphatic carbocycles. The molecule has 38 heavy (non-hydrogen) atoms. The lowest BCUT2D eigenvalue weighted by molar-refractivity contribution is -0.116. The number of nitrogens with zero attached hydrogens (tertiary/aromatic N) is 3. The number of aryl methyl sites for hydroxylation is 1. The minimum atomic E-state index is -0.701. The van der Waals surface area contributed by atoms with Gasteiger partial charge in [0.15, 0.2) is 0 Å². The summed E-state index contributed by atoms with van der Waals surface area (Å²) >= 11 is 1.97. The molecular weight excluding hydrogens is 606 g/mol. The summed E-state index contributed by atoms with van der Waals surface area (Å²) in [4.78, 5) is 52.1. The number of nitrogens with two attached hydrogens (primary N) is 1. The van der Waals surface area contributed by atoms with Gasteiger partial charge in [0.25, 0.3) is 11.1 Å². The Morgan fingerprint density at radius 3 is 2.47 bits per heavy atom. The Kier molecular flexibility index (Phi) is 6.59. The molecule has 5 rings (SSSR count). The SMILES string of the molecule is Cc1c(Nc2cccc(NCC(N)=O)c2)c2c(=O)n(C3CC3)c(=O)n(-c3ccc(I)cc3F)c2n(C)c1=O. The Hall–Kier alpha value is -3.94. The van der Waals surface area contributed by atoms with Gasteiger partial charge in [-0.3, -0.25) is 23.5 Å². The van der Waals surface area contributed by atoms with Crippen LogP contribution in [0.1, 0.15) is 24.4 Å². The first kappa shape index (κ1) is 25.7. The van der Waals surface area contributed by atoms with Crippen molar-refractivity contribution in [3.8, 4) is 5.69 Å². The van der Waals surface area contributed by atoms with Gasteiger partial charge in [-0.05, 0) is 78.8 Å². The van der Waals surface area contributed by atoms with Crippen LogP contribution >= 0.6 is 22.6 Å². The summed E-state index contributed by atoms with van der Waals surface area (Å²) in [7, 11) is 1.46. The Bertz CT molecular complexity index is 1810. The molecule has 4 aromatic rings. The Labute approximate surface area is 229 Å². The largest absolute Gasteiger partial charge is 0.376 e. The van der Waals surface area contributed by atoms with Crippen molar-refractivity contribution in [2.75, 3.05) is 17.2 Å². The van der Waals surface area contributed by atoms with E-state index in [1.165, 1.54) is 23.7 Å². The maximum Gasteiger partial charge on any atom is 0.337 e. The highest BCUT2D eigenvalue weighted by Gasteiger charge is 2.32. The van der Waals surface area contributed by atoms with Crippen molar-refractivity contribution in [3.05, 3.63) is 88.6 Å². The molecule has 1 fully saturated rings. The van der Waals surface area contributed by atoms with Gasteiger partial charge >= 0.3 is 5.69 Å². The molecule has 2 aromatic heterocycles. The molecule has 10 nitrogen and oxygen atoms in total. The van der Waals surface area contributed by atoms with E-state index in [-0.39, 0.29) is 40.6 Å². The van der Waals surface area contributed by atoms with Crippen molar-refractivity contribution in [2.24, 2.45) is 12.8 Å². The zero-order valence-electron chi connectivity index (χ0n) is 20.5. The van der Waals surface area contributed by atoms with Crippen LogP contribution in [-0.2, 0) is 11.8 Å². The Morgan fingerprint density at radius 1 is 1.11 bits per heavy atom. The van der Waals surface area contributed by atoms with E-state index in [1.54, 1.807) is 37.3 Å². The van der Waals surface area contributed by atoms with Gasteiger partial charge in [0.2, 0.25) is 5.91 Å². The number of halogens is 2. The molecule has 0 bridgehead atoms. The van der Waals surface area contributed by atoms with Crippen LogP contribution in [0.25, 0.3) is 16.7 Å². The molecule has 0 saturated heterocycles. The van der Waals surface area contributed by atoms with Crippen LogP contribution in [0.2, 0.25) is 0 Å². The van der Waals surface area contributed by atoms with Crippen LogP contribution in [-0.4, -0.2) is 26.2 Å². The topological polar surface area (TPSA) is 133 Å². The second kappa shape index (κ2) is 9.74. The highest BCUT2D eigenvalue weighted by molar-refractivity contribution is 14.1. The molecular formula is C26H24FIN6O4. The van der Waals surface area contributed by atoms with Crippen molar-refractivity contribution >= 4 is 56.6 Å². The van der Waals surface area contributed by atoms with Crippen molar-refractivity contribution in [2.45, 2.75) is 25.8 Å². The average molecular weight is 630 g/mol. The monoisotopic (exact) mass is 630 g/mol. The number of benzene rings is 2. The fourth-order valence-corrected chi connectivity index (χ4v) is 4.98. The number of primary amides is 1. The van der Waals surface area contributed by atoms with E-state index in [4.69, 9.17) is 5.73 Å². The highest BCUT2D eigenvalue weighted by atomic mass is 127. The number of pyridine rings is 1. The van der Waals surface area contributed by atoms with Gasteiger partial charge in [-0.2, -0.15) is 0 Å². The molecule has 0 radical (unpaired) electrons. The number of carbonyl (C=O) groups is 1. The van der Waals surface area contributed by atoms with Crippen LogP contribution in [0.15, 0.2) is 56.8 Å². The maximum atomic E-state index is 15.2. The lowest BCUT2D eigenvalue weighted by Gasteiger charge is -2.21. The Balaban J connectivity index is 1.83. The first-order chi connectivity index (χ1) is 18.1. The molecule has 1 aliphatic rings. The maximum absolute atomic E-state index is 15.2. The summed E-state index contributed by atoms with van der Waals surface area (Å²) in [6.07, 6.45) is 1.30. The molecule has 2 heterocycles. The molecule has 1 amide bonds. The zero-order chi connectivity index (χ0) is 27.3. The second-order valence-electron chi connectivity index (χ2n) is 9.21. The number of fused-ring (bicyclic) bond motifs is 1. The van der Waals surface area contributed by atoms with E-state index in [1.807, 2.05) is 22.6 Å². The highest BCUT2D eigenvalue weighted by Crippen LogP contribution is 2.34. The Morgan fingerprint density at radius 2 is 1.82 bits per heavy atom. The van der Waals surface area contributed by atoms with Crippen molar-refractivity contribution in [1.29, 1.82) is 0 Å². The molecule has 2 aromatic carbocycles. The predicted molar refractivity (Wildman–Crippen MR) is 152 cm³/mol. The number of aromatic nitrogens is 3. The quantitative estimate of drug-likeness (QED) is 0.269. The van der Waals surface area contributed by atoms with Gasteiger partial charge in [-0.1, -0.05) is 6.07 Å². The summed E-state index contributed by atoms with van der Waals surface area (Å²) in [6, 6.07) is 11.0. The van der Waals surface area contributed by atoms with Gasteiger partial charge in [0.05, 0.1) is 17.9 Å². The zero-order valence-corrected chi connectivity index (χ0v) is 22.7. The van der Waals surface area contributed by atoms with E-state index < -0.39 is 28.5 Å². The van der Waals surface area contributed by atoms with Gasteiger partial charge in [-0.15, -0.1) is 0 Å². The smallest absolute Gasteiger partial charge is 0.337 e. The van der Waals surface area contributed by atoms with Gasteiger partial charge in [0.1, 0.15) is 16.9 Å². The summed E-state index contributed by atoms with van der Waals surface area (Å²) in [5, 5.41) is 6.16. The number of hydrogen-bond acceptors (Lipinski definition) is 6. The van der Waals surface area contributed by atoms with Crippen LogP contribution < -0.4 is 33.2 Å². The molecule has 196 valence electrons. The average Bonchev–Trinajstić information content (AvgIpc) is 3.70. The molecule has 0 unspecified atom stereocenters. The predicted octanol–water partition coefficient (Wildman–Crippen LogP) is 2.88. The summed E-state index contributed by atoms with van der Waals surface area (Å²) in [5.41, 5.74) is 5.02. The fourth-order valence-electron chi connectivity index (χ4n) is 4.52. The molecule has 0 spiro atoms. The first-order valence-corrected chi connectivity index (χ1v) is 12.9. The van der Waals surface area contributed by atoms with E-state index in [0.717, 1.165) is 9.13 Å². The van der Waals surface area contributed by atoms with Gasteiger partial charge in [0, 0.05) is 33.6 Å². The van der Waals surface area contributed by atoms with E-state index in [2.05, 4.69) is 10.6 Å². The van der Waals surface area contributed by atoms with E-state index >= 15 is 4.39 Å². The normalized spacial score (nSPS) is 13.1. The summed E-state index contributed by atoms with van der Waals surface area (Å²) in [5.74, 6) is -1.18. The third kappa shape index (κ3) is 4.48. The molecule has 1 saturated carbocycles. The minimum absolute atomic E-state index is 0.0156. The number of anilines is 3. The van der Waals surface area contributed by atoms with Crippen LogP contribution in [0, 0.1) is 16.3 Å². The van der Waals surface area contributed by atoms with Crippen LogP contribution in [0.5, 0.6) is 0 Å². The van der Waals surface area contributed by atoms with Crippen LogP contribution in [0.3, 0.4) is 0 Å². The summed E-state index contributed by atoms with van der Waals surface area (Å²) < 4.78 is 19.3. The van der Waals surface area contributed by atoms with Crippen molar-refractivity contribution in [1.82, 2.24) is 13.7 Å².